The van der Waals surface area contributed by atoms with E-state index in [0.29, 0.717) is 37.1 Å². The van der Waals surface area contributed by atoms with Crippen molar-refractivity contribution in [2.24, 2.45) is 5.92 Å². The van der Waals surface area contributed by atoms with Crippen molar-refractivity contribution in [1.82, 2.24) is 9.88 Å². The number of ketones is 1. The molecule has 0 bridgehead atoms. The molecule has 0 N–H and O–H groups in total. The van der Waals surface area contributed by atoms with Crippen LogP contribution in [0, 0.1) is 17.2 Å². The SMILES string of the molecule is C[C@H](CC(=O)c1ccc(C#N)cc1)C(=O)N1CCC(OCC(=O)OCc2ccncc2)CC1. The summed E-state index contributed by atoms with van der Waals surface area (Å²) >= 11 is 0. The van der Waals surface area contributed by atoms with Crippen LogP contribution in [0.25, 0.3) is 0 Å². The normalized spacial score (nSPS) is 14.8. The predicted octanol–water partition coefficient (Wildman–Crippen LogP) is 2.91. The van der Waals surface area contributed by atoms with Crippen LogP contribution < -0.4 is 0 Å². The van der Waals surface area contributed by atoms with Crippen molar-refractivity contribution >= 4 is 17.7 Å². The number of benzene rings is 1. The van der Waals surface area contributed by atoms with Crippen molar-refractivity contribution in [3.63, 3.8) is 0 Å². The predicted molar refractivity (Wildman–Crippen MR) is 119 cm³/mol. The molecule has 1 amide bonds. The maximum atomic E-state index is 12.8. The van der Waals surface area contributed by atoms with E-state index in [9.17, 15) is 14.4 Å². The Morgan fingerprint density at radius 3 is 2.42 bits per heavy atom. The van der Waals surface area contributed by atoms with Crippen LogP contribution in [0.1, 0.15) is 47.7 Å². The third-order valence-electron chi connectivity index (χ3n) is 5.59. The van der Waals surface area contributed by atoms with Gasteiger partial charge in [0.05, 0.1) is 17.7 Å². The lowest BCUT2D eigenvalue weighted by molar-refractivity contribution is -0.154. The van der Waals surface area contributed by atoms with Gasteiger partial charge in [-0.3, -0.25) is 14.6 Å². The van der Waals surface area contributed by atoms with Gasteiger partial charge in [-0.05, 0) is 42.7 Å². The molecular weight excluding hydrogens is 422 g/mol. The maximum absolute atomic E-state index is 12.8. The Kier molecular flexibility index (Phi) is 8.67. The van der Waals surface area contributed by atoms with E-state index in [4.69, 9.17) is 14.7 Å². The van der Waals surface area contributed by atoms with Gasteiger partial charge in [0.2, 0.25) is 5.91 Å². The number of aromatic nitrogens is 1. The number of carbonyl (C=O) groups is 3. The monoisotopic (exact) mass is 449 g/mol. The fourth-order valence-corrected chi connectivity index (χ4v) is 3.64. The minimum absolute atomic E-state index is 0.0628. The largest absolute Gasteiger partial charge is 0.459 e. The number of nitriles is 1. The zero-order valence-electron chi connectivity index (χ0n) is 18.6. The average molecular weight is 450 g/mol. The quantitative estimate of drug-likeness (QED) is 0.428. The Hall–Kier alpha value is -3.57. The molecule has 1 atom stereocenters. The van der Waals surface area contributed by atoms with Crippen molar-refractivity contribution < 1.29 is 23.9 Å². The first-order valence-electron chi connectivity index (χ1n) is 10.9. The molecular formula is C25H27N3O5. The smallest absolute Gasteiger partial charge is 0.332 e. The van der Waals surface area contributed by atoms with Gasteiger partial charge in [0.15, 0.2) is 5.78 Å². The van der Waals surface area contributed by atoms with Crippen molar-refractivity contribution in [2.45, 2.75) is 38.9 Å². The number of carbonyl (C=O) groups excluding carboxylic acids is 3. The van der Waals surface area contributed by atoms with Gasteiger partial charge < -0.3 is 14.4 Å². The minimum atomic E-state index is -0.436. The summed E-state index contributed by atoms with van der Waals surface area (Å²) in [7, 11) is 0. The van der Waals surface area contributed by atoms with Gasteiger partial charge in [-0.15, -0.1) is 0 Å². The molecule has 1 saturated heterocycles. The Bertz CT molecular complexity index is 993. The number of likely N-dealkylation sites (tertiary alicyclic amines) is 1. The molecule has 2 heterocycles. The molecule has 1 aromatic carbocycles. The number of rotatable bonds is 9. The van der Waals surface area contributed by atoms with Crippen molar-refractivity contribution in [2.75, 3.05) is 19.7 Å². The van der Waals surface area contributed by atoms with E-state index in [0.717, 1.165) is 5.56 Å². The highest BCUT2D eigenvalue weighted by Crippen LogP contribution is 2.19. The third-order valence-corrected chi connectivity index (χ3v) is 5.59. The highest BCUT2D eigenvalue weighted by Gasteiger charge is 2.28. The van der Waals surface area contributed by atoms with E-state index in [1.165, 1.54) is 0 Å². The fraction of sp³-hybridized carbons (Fsp3) is 0.400. The molecule has 8 heteroatoms. The second-order valence-electron chi connectivity index (χ2n) is 8.07. The standard InChI is InChI=1S/C25H27N3O5/c1-18(14-23(29)21-4-2-19(15-26)3-5-21)25(31)28-12-8-22(9-13-28)32-17-24(30)33-16-20-6-10-27-11-7-20/h2-7,10-11,18,22H,8-9,12-14,16-17H2,1H3/t18-/m1/s1. The van der Waals surface area contributed by atoms with E-state index in [2.05, 4.69) is 4.98 Å². The van der Waals surface area contributed by atoms with Crippen LogP contribution in [0.5, 0.6) is 0 Å². The second-order valence-corrected chi connectivity index (χ2v) is 8.07. The number of piperidine rings is 1. The molecule has 0 unspecified atom stereocenters. The summed E-state index contributed by atoms with van der Waals surface area (Å²) in [5, 5.41) is 8.86. The van der Waals surface area contributed by atoms with Gasteiger partial charge in [-0.2, -0.15) is 5.26 Å². The molecule has 1 aliphatic heterocycles. The van der Waals surface area contributed by atoms with Crippen molar-refractivity contribution in [3.8, 4) is 6.07 Å². The second kappa shape index (κ2) is 11.9. The molecule has 0 radical (unpaired) electrons. The first-order chi connectivity index (χ1) is 16.0. The van der Waals surface area contributed by atoms with Gasteiger partial charge in [0, 0.05) is 43.4 Å². The number of esters is 1. The van der Waals surface area contributed by atoms with E-state index in [-0.39, 0.29) is 37.4 Å². The van der Waals surface area contributed by atoms with Crippen LogP contribution in [0.4, 0.5) is 0 Å². The van der Waals surface area contributed by atoms with Gasteiger partial charge in [0.1, 0.15) is 13.2 Å². The molecule has 2 aromatic rings. The summed E-state index contributed by atoms with van der Waals surface area (Å²) in [6, 6.07) is 12.0. The molecule has 1 fully saturated rings. The fourth-order valence-electron chi connectivity index (χ4n) is 3.64. The lowest BCUT2D eigenvalue weighted by Crippen LogP contribution is -2.43. The lowest BCUT2D eigenvalue weighted by atomic mass is 9.97. The number of Topliss-reactive ketones (excluding diaryl/α,β-unsaturated/α-hetero) is 1. The average Bonchev–Trinajstić information content (AvgIpc) is 2.86. The molecule has 172 valence electrons. The molecule has 1 aromatic heterocycles. The highest BCUT2D eigenvalue weighted by molar-refractivity contribution is 5.98. The third kappa shape index (κ3) is 7.22. The number of amides is 1. The zero-order valence-corrected chi connectivity index (χ0v) is 18.6. The Labute approximate surface area is 193 Å². The number of ether oxygens (including phenoxy) is 2. The topological polar surface area (TPSA) is 110 Å². The molecule has 33 heavy (non-hydrogen) atoms. The molecule has 0 saturated carbocycles. The highest BCUT2D eigenvalue weighted by atomic mass is 16.6. The van der Waals surface area contributed by atoms with E-state index in [1.807, 2.05) is 6.07 Å². The Morgan fingerprint density at radius 1 is 1.12 bits per heavy atom. The van der Waals surface area contributed by atoms with Gasteiger partial charge >= 0.3 is 5.97 Å². The van der Waals surface area contributed by atoms with E-state index in [1.54, 1.807) is 60.6 Å². The van der Waals surface area contributed by atoms with Gasteiger partial charge in [0.25, 0.3) is 0 Å². The first kappa shape index (κ1) is 24.1. The number of pyridine rings is 1. The van der Waals surface area contributed by atoms with Gasteiger partial charge in [-0.25, -0.2) is 4.79 Å². The number of nitrogens with zero attached hydrogens (tertiary/aromatic N) is 3. The maximum Gasteiger partial charge on any atom is 0.332 e. The van der Waals surface area contributed by atoms with E-state index >= 15 is 0 Å². The number of hydrogen-bond acceptors (Lipinski definition) is 7. The van der Waals surface area contributed by atoms with Crippen LogP contribution in [0.15, 0.2) is 48.8 Å². The molecule has 0 aliphatic carbocycles. The molecule has 0 spiro atoms. The Balaban J connectivity index is 1.36. The summed E-state index contributed by atoms with van der Waals surface area (Å²) < 4.78 is 10.9. The summed E-state index contributed by atoms with van der Waals surface area (Å²) in [6.45, 7) is 2.84. The van der Waals surface area contributed by atoms with Crippen molar-refractivity contribution in [3.05, 3.63) is 65.5 Å². The van der Waals surface area contributed by atoms with Crippen LogP contribution in [0.3, 0.4) is 0 Å². The van der Waals surface area contributed by atoms with Gasteiger partial charge in [-0.1, -0.05) is 19.1 Å². The first-order valence-corrected chi connectivity index (χ1v) is 10.9. The number of hydrogen-bond donors (Lipinski definition) is 0. The van der Waals surface area contributed by atoms with E-state index < -0.39 is 11.9 Å². The van der Waals surface area contributed by atoms with Crippen LogP contribution >= 0.6 is 0 Å². The zero-order chi connectivity index (χ0) is 23.6. The molecule has 1 aliphatic rings. The minimum Gasteiger partial charge on any atom is -0.459 e. The van der Waals surface area contributed by atoms with Crippen LogP contribution in [0.2, 0.25) is 0 Å². The van der Waals surface area contributed by atoms with Crippen LogP contribution in [-0.2, 0) is 25.7 Å². The lowest BCUT2D eigenvalue weighted by Gasteiger charge is -2.33. The van der Waals surface area contributed by atoms with Crippen molar-refractivity contribution in [1.29, 1.82) is 5.26 Å². The summed E-state index contributed by atoms with van der Waals surface area (Å²) in [6.07, 6.45) is 4.53. The summed E-state index contributed by atoms with van der Waals surface area (Å²) in [4.78, 5) is 42.8. The summed E-state index contributed by atoms with van der Waals surface area (Å²) in [5.74, 6) is -1.05. The van der Waals surface area contributed by atoms with Crippen LogP contribution in [-0.4, -0.2) is 53.3 Å². The summed E-state index contributed by atoms with van der Waals surface area (Å²) in [5.41, 5.74) is 1.84. The molecule has 8 nitrogen and oxygen atoms in total. The Morgan fingerprint density at radius 2 is 1.79 bits per heavy atom. The molecule has 3 rings (SSSR count).